The molecule has 25 heavy (non-hydrogen) atoms. The Hall–Kier alpha value is -3.13. The summed E-state index contributed by atoms with van der Waals surface area (Å²) in [4.78, 5) is 40.8. The number of aromatic nitrogens is 1. The Morgan fingerprint density at radius 2 is 2.12 bits per heavy atom. The first-order valence-corrected chi connectivity index (χ1v) is 7.66. The molecule has 0 fully saturated rings. The molecule has 1 aromatic carbocycles. The predicted molar refractivity (Wildman–Crippen MR) is 88.2 cm³/mol. The van der Waals surface area contributed by atoms with Gasteiger partial charge in [-0.15, -0.1) is 0 Å². The molecule has 3 rings (SSSR count). The maximum atomic E-state index is 12.7. The summed E-state index contributed by atoms with van der Waals surface area (Å²) >= 11 is 0. The van der Waals surface area contributed by atoms with Crippen molar-refractivity contribution in [3.05, 3.63) is 64.0 Å². The molecule has 8 nitrogen and oxygen atoms in total. The second-order valence-corrected chi connectivity index (χ2v) is 5.68. The lowest BCUT2D eigenvalue weighted by molar-refractivity contribution is -0.385. The number of Topliss-reactive ketones (excluding diaryl/α,β-unsaturated/α-hetero) is 1. The average molecular weight is 341 g/mol. The molecule has 1 aromatic heterocycles. The summed E-state index contributed by atoms with van der Waals surface area (Å²) in [7, 11) is 0. The number of hydrogen-bond acceptors (Lipinski definition) is 6. The zero-order valence-corrected chi connectivity index (χ0v) is 13.4. The lowest BCUT2D eigenvalue weighted by Gasteiger charge is -2.21. The highest BCUT2D eigenvalue weighted by Crippen LogP contribution is 2.44. The van der Waals surface area contributed by atoms with E-state index in [9.17, 15) is 24.8 Å². The predicted octanol–water partition coefficient (Wildman–Crippen LogP) is 1.82. The molecule has 0 saturated heterocycles. The van der Waals surface area contributed by atoms with Gasteiger partial charge in [-0.25, -0.2) is 0 Å². The Kier molecular flexibility index (Phi) is 4.05. The van der Waals surface area contributed by atoms with E-state index >= 15 is 0 Å². The van der Waals surface area contributed by atoms with Gasteiger partial charge in [-0.3, -0.25) is 24.7 Å². The minimum atomic E-state index is -2.15. The molecule has 2 heterocycles. The third-order valence-corrected chi connectivity index (χ3v) is 4.21. The lowest BCUT2D eigenvalue weighted by atomic mass is 9.89. The molecule has 2 aromatic rings. The maximum absolute atomic E-state index is 12.7. The van der Waals surface area contributed by atoms with Gasteiger partial charge >= 0.3 is 0 Å². The fourth-order valence-electron chi connectivity index (χ4n) is 2.99. The summed E-state index contributed by atoms with van der Waals surface area (Å²) in [5.74, 6) is -1.19. The van der Waals surface area contributed by atoms with Gasteiger partial charge in [0.2, 0.25) is 0 Å². The molecule has 0 aliphatic carbocycles. The SMILES string of the molecule is CCN1C(=O)[C@@](O)(CC(=O)c2ccccn2)c2cc([N+](=O)[O-])ccc21. The van der Waals surface area contributed by atoms with Crippen LogP contribution in [0.3, 0.4) is 0 Å². The topological polar surface area (TPSA) is 114 Å². The van der Waals surface area contributed by atoms with Gasteiger partial charge in [0.1, 0.15) is 5.69 Å². The zero-order chi connectivity index (χ0) is 18.2. The standard InChI is InChI=1S/C17H15N3O5/c1-2-19-14-7-6-11(20(24)25)9-12(14)17(23,16(19)22)10-15(21)13-5-3-4-8-18-13/h3-9,23H,2,10H2,1H3/t17-/m1/s1. The number of amides is 1. The van der Waals surface area contributed by atoms with Gasteiger partial charge in [0.15, 0.2) is 11.4 Å². The van der Waals surface area contributed by atoms with E-state index in [0.29, 0.717) is 5.69 Å². The monoisotopic (exact) mass is 341 g/mol. The van der Waals surface area contributed by atoms with Crippen LogP contribution in [-0.4, -0.2) is 33.2 Å². The highest BCUT2D eigenvalue weighted by Gasteiger charge is 2.51. The second-order valence-electron chi connectivity index (χ2n) is 5.68. The molecule has 0 saturated carbocycles. The third kappa shape index (κ3) is 2.66. The number of benzene rings is 1. The first-order chi connectivity index (χ1) is 11.9. The summed E-state index contributed by atoms with van der Waals surface area (Å²) in [5, 5.41) is 22.0. The normalized spacial score (nSPS) is 19.0. The molecule has 0 radical (unpaired) electrons. The first-order valence-electron chi connectivity index (χ1n) is 7.66. The van der Waals surface area contributed by atoms with Gasteiger partial charge in [-0.05, 0) is 25.1 Å². The molecule has 0 bridgehead atoms. The summed E-state index contributed by atoms with van der Waals surface area (Å²) in [5.41, 5.74) is -1.85. The number of pyridine rings is 1. The van der Waals surface area contributed by atoms with Crippen LogP contribution in [-0.2, 0) is 10.4 Å². The summed E-state index contributed by atoms with van der Waals surface area (Å²) in [6.45, 7) is 1.99. The van der Waals surface area contributed by atoms with Crippen molar-refractivity contribution in [1.82, 2.24) is 4.98 Å². The van der Waals surface area contributed by atoms with E-state index in [1.807, 2.05) is 0 Å². The van der Waals surface area contributed by atoms with Crippen LogP contribution < -0.4 is 4.90 Å². The molecule has 1 aliphatic rings. The van der Waals surface area contributed by atoms with E-state index in [1.165, 1.54) is 29.3 Å². The van der Waals surface area contributed by atoms with Crippen molar-refractivity contribution < 1.29 is 19.6 Å². The van der Waals surface area contributed by atoms with Crippen molar-refractivity contribution in [2.75, 3.05) is 11.4 Å². The van der Waals surface area contributed by atoms with Gasteiger partial charge in [-0.2, -0.15) is 0 Å². The van der Waals surface area contributed by atoms with Gasteiger partial charge in [0.05, 0.1) is 17.0 Å². The maximum Gasteiger partial charge on any atom is 0.269 e. The van der Waals surface area contributed by atoms with Crippen molar-refractivity contribution in [3.8, 4) is 0 Å². The minimum absolute atomic E-state index is 0.0674. The van der Waals surface area contributed by atoms with Gasteiger partial charge in [0.25, 0.3) is 11.6 Å². The van der Waals surface area contributed by atoms with E-state index in [1.54, 1.807) is 19.1 Å². The summed E-state index contributed by atoms with van der Waals surface area (Å²) < 4.78 is 0. The molecule has 1 atom stereocenters. The number of rotatable bonds is 5. The molecule has 128 valence electrons. The van der Waals surface area contributed by atoms with Crippen LogP contribution in [0.4, 0.5) is 11.4 Å². The van der Waals surface area contributed by atoms with Crippen LogP contribution >= 0.6 is 0 Å². The number of anilines is 1. The van der Waals surface area contributed by atoms with Crippen molar-refractivity contribution in [3.63, 3.8) is 0 Å². The number of likely N-dealkylation sites (N-methyl/N-ethyl adjacent to an activating group) is 1. The molecule has 0 unspecified atom stereocenters. The molecular weight excluding hydrogens is 326 g/mol. The molecule has 0 spiro atoms. The van der Waals surface area contributed by atoms with Crippen LogP contribution in [0.1, 0.15) is 29.4 Å². The van der Waals surface area contributed by atoms with Crippen LogP contribution in [0.25, 0.3) is 0 Å². The van der Waals surface area contributed by atoms with Crippen molar-refractivity contribution in [2.45, 2.75) is 18.9 Å². The van der Waals surface area contributed by atoms with E-state index < -0.39 is 28.6 Å². The average Bonchev–Trinajstić information content (AvgIpc) is 2.82. The smallest absolute Gasteiger partial charge is 0.269 e. The number of carbonyl (C=O) groups is 2. The fourth-order valence-corrected chi connectivity index (χ4v) is 2.99. The molecular formula is C17H15N3O5. The van der Waals surface area contributed by atoms with E-state index in [0.717, 1.165) is 6.07 Å². The highest BCUT2D eigenvalue weighted by atomic mass is 16.6. The van der Waals surface area contributed by atoms with Crippen LogP contribution in [0, 0.1) is 10.1 Å². The number of aliphatic hydroxyl groups is 1. The third-order valence-electron chi connectivity index (χ3n) is 4.21. The first kappa shape index (κ1) is 16.7. The number of nitro benzene ring substituents is 1. The number of non-ortho nitro benzene ring substituents is 1. The van der Waals surface area contributed by atoms with Crippen molar-refractivity contribution in [1.29, 1.82) is 0 Å². The largest absolute Gasteiger partial charge is 0.375 e. The number of hydrogen-bond donors (Lipinski definition) is 1. The molecule has 8 heteroatoms. The van der Waals surface area contributed by atoms with E-state index in [-0.39, 0.29) is 23.5 Å². The molecule has 1 amide bonds. The van der Waals surface area contributed by atoms with Gasteiger partial charge < -0.3 is 10.0 Å². The van der Waals surface area contributed by atoms with Crippen LogP contribution in [0.2, 0.25) is 0 Å². The van der Waals surface area contributed by atoms with Gasteiger partial charge in [0, 0.05) is 30.4 Å². The number of ketones is 1. The van der Waals surface area contributed by atoms with Gasteiger partial charge in [-0.1, -0.05) is 6.07 Å². The number of carbonyl (C=O) groups excluding carboxylic acids is 2. The van der Waals surface area contributed by atoms with E-state index in [2.05, 4.69) is 4.98 Å². The minimum Gasteiger partial charge on any atom is -0.375 e. The number of fused-ring (bicyclic) bond motifs is 1. The van der Waals surface area contributed by atoms with Crippen molar-refractivity contribution >= 4 is 23.1 Å². The second kappa shape index (κ2) is 6.06. The van der Waals surface area contributed by atoms with Crippen molar-refractivity contribution in [2.24, 2.45) is 0 Å². The number of nitro groups is 1. The zero-order valence-electron chi connectivity index (χ0n) is 13.4. The fraction of sp³-hybridized carbons (Fsp3) is 0.235. The molecule has 1 aliphatic heterocycles. The Morgan fingerprint density at radius 3 is 2.72 bits per heavy atom. The Labute approximate surface area is 142 Å². The quantitative estimate of drug-likeness (QED) is 0.504. The lowest BCUT2D eigenvalue weighted by Crippen LogP contribution is -2.41. The van der Waals surface area contributed by atoms with Crippen LogP contribution in [0.5, 0.6) is 0 Å². The highest BCUT2D eigenvalue weighted by molar-refractivity contribution is 6.10. The number of nitrogens with zero attached hydrogens (tertiary/aromatic N) is 3. The Morgan fingerprint density at radius 1 is 1.36 bits per heavy atom. The summed E-state index contributed by atoms with van der Waals surface area (Å²) in [6.07, 6.45) is 0.901. The van der Waals surface area contributed by atoms with Crippen LogP contribution in [0.15, 0.2) is 42.6 Å². The summed E-state index contributed by atoms with van der Waals surface area (Å²) in [6, 6.07) is 8.58. The Bertz CT molecular complexity index is 868. The van der Waals surface area contributed by atoms with E-state index in [4.69, 9.17) is 0 Å². The Balaban J connectivity index is 2.06. The molecule has 1 N–H and O–H groups in total.